The lowest BCUT2D eigenvalue weighted by Gasteiger charge is -2.06. The first kappa shape index (κ1) is 13.6. The number of imidazole rings is 1. The highest BCUT2D eigenvalue weighted by Crippen LogP contribution is 2.20. The van der Waals surface area contributed by atoms with Crippen LogP contribution in [-0.2, 0) is 6.54 Å². The average molecular weight is 305 g/mol. The van der Waals surface area contributed by atoms with Crippen molar-refractivity contribution in [2.45, 2.75) is 13.5 Å². The van der Waals surface area contributed by atoms with Crippen molar-refractivity contribution in [2.24, 2.45) is 0 Å². The van der Waals surface area contributed by atoms with Crippen LogP contribution in [-0.4, -0.2) is 31.1 Å². The number of aromatic nitrogens is 5. The van der Waals surface area contributed by atoms with Crippen molar-refractivity contribution in [1.29, 1.82) is 0 Å². The molecule has 0 amide bonds. The summed E-state index contributed by atoms with van der Waals surface area (Å²) in [6.45, 7) is 2.81. The minimum atomic E-state index is 0.239. The third kappa shape index (κ3) is 2.73. The summed E-state index contributed by atoms with van der Waals surface area (Å²) < 4.78 is 7.14. The van der Waals surface area contributed by atoms with Crippen molar-refractivity contribution >= 4 is 28.6 Å². The normalized spacial score (nSPS) is 11.0. The molecule has 0 bridgehead atoms. The van der Waals surface area contributed by atoms with E-state index in [9.17, 15) is 0 Å². The molecular weight excluding hydrogens is 292 g/mol. The van der Waals surface area contributed by atoms with Gasteiger partial charge in [0.15, 0.2) is 17.0 Å². The van der Waals surface area contributed by atoms with E-state index >= 15 is 0 Å². The first-order valence-corrected chi connectivity index (χ1v) is 6.76. The van der Waals surface area contributed by atoms with Gasteiger partial charge in [0.05, 0.1) is 25.2 Å². The number of halogens is 1. The van der Waals surface area contributed by atoms with Gasteiger partial charge in [0.25, 0.3) is 0 Å². The third-order valence-corrected chi connectivity index (χ3v) is 3.09. The molecule has 0 saturated heterocycles. The zero-order valence-corrected chi connectivity index (χ0v) is 12.1. The molecule has 2 N–H and O–H groups in total. The lowest BCUT2D eigenvalue weighted by atomic mass is 10.3. The molecule has 3 aromatic rings. The molecule has 3 aromatic heterocycles. The Balaban J connectivity index is 2.02. The van der Waals surface area contributed by atoms with Crippen molar-refractivity contribution in [1.82, 2.24) is 24.5 Å². The second kappa shape index (κ2) is 5.53. The molecule has 0 fully saturated rings. The van der Waals surface area contributed by atoms with E-state index in [-0.39, 0.29) is 6.01 Å². The van der Waals surface area contributed by atoms with Crippen LogP contribution in [0.3, 0.4) is 0 Å². The molecule has 0 aliphatic heterocycles. The fourth-order valence-electron chi connectivity index (χ4n) is 1.96. The summed E-state index contributed by atoms with van der Waals surface area (Å²) in [6, 6.07) is 3.76. The van der Waals surface area contributed by atoms with E-state index in [1.165, 1.54) is 0 Å². The molecule has 8 heteroatoms. The van der Waals surface area contributed by atoms with E-state index in [1.54, 1.807) is 24.7 Å². The predicted molar refractivity (Wildman–Crippen MR) is 79.3 cm³/mol. The Labute approximate surface area is 125 Å². The van der Waals surface area contributed by atoms with Crippen LogP contribution in [0, 0.1) is 0 Å². The van der Waals surface area contributed by atoms with Gasteiger partial charge in [-0.3, -0.25) is 4.98 Å². The maximum absolute atomic E-state index is 5.96. The highest BCUT2D eigenvalue weighted by molar-refractivity contribution is 6.30. The number of ether oxygens (including phenoxy) is 1. The second-order valence-electron chi connectivity index (χ2n) is 4.33. The predicted octanol–water partition coefficient (Wildman–Crippen LogP) is 1.90. The molecule has 0 radical (unpaired) electrons. The largest absolute Gasteiger partial charge is 0.464 e. The highest BCUT2D eigenvalue weighted by atomic mass is 35.5. The lowest BCUT2D eigenvalue weighted by Crippen LogP contribution is -2.05. The standard InChI is InChI=1S/C13H13ClN6O/c1-2-21-13-18-11(15)10-12(19-13)20(7-17-10)6-9-5-8(14)3-4-16-9/h3-5,7H,2,6H2,1H3,(H2,15,18,19). The number of hydrogen-bond acceptors (Lipinski definition) is 6. The average Bonchev–Trinajstić information content (AvgIpc) is 2.83. The number of nitrogens with two attached hydrogens (primary N) is 1. The highest BCUT2D eigenvalue weighted by Gasteiger charge is 2.12. The van der Waals surface area contributed by atoms with Gasteiger partial charge in [-0.15, -0.1) is 0 Å². The lowest BCUT2D eigenvalue weighted by molar-refractivity contribution is 0.314. The van der Waals surface area contributed by atoms with Crippen LogP contribution in [0.5, 0.6) is 6.01 Å². The SMILES string of the molecule is CCOc1nc(N)c2ncn(Cc3cc(Cl)ccn3)c2n1. The van der Waals surface area contributed by atoms with Crippen LogP contribution in [0.1, 0.15) is 12.6 Å². The van der Waals surface area contributed by atoms with Gasteiger partial charge in [0.2, 0.25) is 0 Å². The summed E-state index contributed by atoms with van der Waals surface area (Å²) in [6.07, 6.45) is 3.31. The summed E-state index contributed by atoms with van der Waals surface area (Å²) in [5.41, 5.74) is 7.82. The van der Waals surface area contributed by atoms with Crippen LogP contribution in [0.25, 0.3) is 11.2 Å². The Morgan fingerprint density at radius 3 is 2.95 bits per heavy atom. The van der Waals surface area contributed by atoms with E-state index in [0.717, 1.165) is 5.69 Å². The van der Waals surface area contributed by atoms with Crippen LogP contribution < -0.4 is 10.5 Å². The molecule has 0 aliphatic rings. The molecule has 3 rings (SSSR count). The van der Waals surface area contributed by atoms with E-state index < -0.39 is 0 Å². The number of nitrogen functional groups attached to an aromatic ring is 1. The van der Waals surface area contributed by atoms with Gasteiger partial charge in [-0.2, -0.15) is 9.97 Å². The van der Waals surface area contributed by atoms with Crippen molar-refractivity contribution < 1.29 is 4.74 Å². The molecule has 0 atom stereocenters. The van der Waals surface area contributed by atoms with Gasteiger partial charge < -0.3 is 15.0 Å². The summed E-state index contributed by atoms with van der Waals surface area (Å²) in [4.78, 5) is 16.9. The van der Waals surface area contributed by atoms with Gasteiger partial charge in [0, 0.05) is 11.2 Å². The van der Waals surface area contributed by atoms with E-state index in [4.69, 9.17) is 22.1 Å². The molecule has 21 heavy (non-hydrogen) atoms. The van der Waals surface area contributed by atoms with Gasteiger partial charge in [0.1, 0.15) is 0 Å². The fourth-order valence-corrected chi connectivity index (χ4v) is 2.15. The Kier molecular flexibility index (Phi) is 3.57. The molecule has 7 nitrogen and oxygen atoms in total. The van der Waals surface area contributed by atoms with Crippen molar-refractivity contribution in [3.63, 3.8) is 0 Å². The zero-order chi connectivity index (χ0) is 14.8. The topological polar surface area (TPSA) is 91.7 Å². The summed E-state index contributed by atoms with van der Waals surface area (Å²) in [5, 5.41) is 0.633. The molecular formula is C13H13ClN6O. The number of nitrogens with zero attached hydrogens (tertiary/aromatic N) is 5. The van der Waals surface area contributed by atoms with Gasteiger partial charge in [-0.25, -0.2) is 4.98 Å². The van der Waals surface area contributed by atoms with Crippen molar-refractivity contribution in [3.05, 3.63) is 35.4 Å². The summed E-state index contributed by atoms with van der Waals surface area (Å²) in [5.74, 6) is 0.293. The number of pyridine rings is 1. The zero-order valence-electron chi connectivity index (χ0n) is 11.3. The van der Waals surface area contributed by atoms with Crippen LogP contribution in [0.4, 0.5) is 5.82 Å². The van der Waals surface area contributed by atoms with Crippen LogP contribution >= 0.6 is 11.6 Å². The first-order valence-electron chi connectivity index (χ1n) is 6.39. The van der Waals surface area contributed by atoms with Crippen molar-refractivity contribution in [2.75, 3.05) is 12.3 Å². The van der Waals surface area contributed by atoms with E-state index in [0.29, 0.717) is 35.2 Å². The Morgan fingerprint density at radius 2 is 2.19 bits per heavy atom. The maximum Gasteiger partial charge on any atom is 0.320 e. The molecule has 0 spiro atoms. The maximum atomic E-state index is 5.96. The third-order valence-electron chi connectivity index (χ3n) is 2.85. The Morgan fingerprint density at radius 1 is 1.33 bits per heavy atom. The minimum Gasteiger partial charge on any atom is -0.464 e. The number of anilines is 1. The van der Waals surface area contributed by atoms with E-state index in [1.807, 2.05) is 11.5 Å². The van der Waals surface area contributed by atoms with E-state index in [2.05, 4.69) is 19.9 Å². The first-order chi connectivity index (χ1) is 10.2. The summed E-state index contributed by atoms with van der Waals surface area (Å²) >= 11 is 5.96. The van der Waals surface area contributed by atoms with Gasteiger partial charge in [-0.1, -0.05) is 11.6 Å². The minimum absolute atomic E-state index is 0.239. The monoisotopic (exact) mass is 304 g/mol. The number of fused-ring (bicyclic) bond motifs is 1. The fraction of sp³-hybridized carbons (Fsp3) is 0.231. The molecule has 0 aliphatic carbocycles. The van der Waals surface area contributed by atoms with Gasteiger partial charge >= 0.3 is 6.01 Å². The molecule has 0 aromatic carbocycles. The second-order valence-corrected chi connectivity index (χ2v) is 4.77. The van der Waals surface area contributed by atoms with Crippen molar-refractivity contribution in [3.8, 4) is 6.01 Å². The molecule has 3 heterocycles. The van der Waals surface area contributed by atoms with Gasteiger partial charge in [-0.05, 0) is 19.1 Å². The number of hydrogen-bond donors (Lipinski definition) is 1. The summed E-state index contributed by atoms with van der Waals surface area (Å²) in [7, 11) is 0. The Bertz CT molecular complexity index is 787. The molecule has 0 saturated carbocycles. The Hall–Kier alpha value is -2.41. The smallest absolute Gasteiger partial charge is 0.320 e. The quantitative estimate of drug-likeness (QED) is 0.791. The molecule has 108 valence electrons. The molecule has 0 unspecified atom stereocenters. The number of rotatable bonds is 4. The van der Waals surface area contributed by atoms with Crippen LogP contribution in [0.15, 0.2) is 24.7 Å². The van der Waals surface area contributed by atoms with Crippen LogP contribution in [0.2, 0.25) is 5.02 Å².